The quantitative estimate of drug-likeness (QED) is 0.282. The number of nitrogens with zero attached hydrogens (tertiary/aromatic N) is 3. The molecule has 144 valence electrons. The topological polar surface area (TPSA) is 116 Å². The summed E-state index contributed by atoms with van der Waals surface area (Å²) in [6, 6.07) is 5.67. The molecule has 1 amide bonds. The van der Waals surface area contributed by atoms with Crippen molar-refractivity contribution < 1.29 is 19.2 Å². The van der Waals surface area contributed by atoms with E-state index in [2.05, 4.69) is 10.3 Å². The number of aromatic nitrogens is 2. The van der Waals surface area contributed by atoms with Crippen molar-refractivity contribution in [1.29, 1.82) is 0 Å². The Kier molecular flexibility index (Phi) is 5.71. The van der Waals surface area contributed by atoms with Crippen LogP contribution in [-0.2, 0) is 14.3 Å². The number of rotatable bonds is 6. The Morgan fingerprint density at radius 3 is 2.93 bits per heavy atom. The van der Waals surface area contributed by atoms with E-state index < -0.39 is 22.9 Å². The molecule has 1 N–H and O–H groups in total. The molecule has 0 unspecified atom stereocenters. The molecule has 0 aliphatic rings. The molecule has 3 rings (SSSR count). The van der Waals surface area contributed by atoms with Gasteiger partial charge in [0.15, 0.2) is 16.2 Å². The fourth-order valence-electron chi connectivity index (χ4n) is 2.31. The van der Waals surface area contributed by atoms with E-state index in [-0.39, 0.29) is 16.5 Å². The van der Waals surface area contributed by atoms with Gasteiger partial charge in [0.25, 0.3) is 11.6 Å². The SMILES string of the molecule is C[C@H](OC(=O)/C=C/c1c(Cl)nc2sccn12)C(=O)Nc1ccccc1[N+](=O)[O-]. The number of amides is 1. The summed E-state index contributed by atoms with van der Waals surface area (Å²) in [4.78, 5) is 39.4. The molecule has 0 saturated heterocycles. The van der Waals surface area contributed by atoms with Crippen molar-refractivity contribution in [2.45, 2.75) is 13.0 Å². The number of para-hydroxylation sites is 2. The van der Waals surface area contributed by atoms with E-state index in [1.54, 1.807) is 16.7 Å². The van der Waals surface area contributed by atoms with Crippen LogP contribution in [0.25, 0.3) is 11.0 Å². The number of benzene rings is 1. The minimum Gasteiger partial charge on any atom is -0.449 e. The number of imidazole rings is 1. The third kappa shape index (κ3) is 4.18. The molecule has 3 aromatic rings. The van der Waals surface area contributed by atoms with Crippen LogP contribution in [0.15, 0.2) is 41.9 Å². The normalized spacial score (nSPS) is 12.2. The van der Waals surface area contributed by atoms with Gasteiger partial charge in [0.2, 0.25) is 0 Å². The Bertz CT molecular complexity index is 1090. The van der Waals surface area contributed by atoms with Crippen LogP contribution in [-0.4, -0.2) is 32.3 Å². The van der Waals surface area contributed by atoms with Gasteiger partial charge in [-0.2, -0.15) is 0 Å². The average molecular weight is 421 g/mol. The molecular weight excluding hydrogens is 408 g/mol. The largest absolute Gasteiger partial charge is 0.449 e. The number of halogens is 1. The molecule has 0 spiro atoms. The first-order valence-electron chi connectivity index (χ1n) is 7.91. The van der Waals surface area contributed by atoms with Crippen molar-refractivity contribution in [2.75, 3.05) is 5.32 Å². The highest BCUT2D eigenvalue weighted by Crippen LogP contribution is 2.24. The molecule has 2 heterocycles. The number of hydrogen-bond acceptors (Lipinski definition) is 7. The van der Waals surface area contributed by atoms with Gasteiger partial charge in [-0.15, -0.1) is 11.3 Å². The second-order valence-electron chi connectivity index (χ2n) is 5.52. The summed E-state index contributed by atoms with van der Waals surface area (Å²) in [6.45, 7) is 1.36. The van der Waals surface area contributed by atoms with Gasteiger partial charge in [0, 0.05) is 23.7 Å². The number of ether oxygens (including phenoxy) is 1. The van der Waals surface area contributed by atoms with Gasteiger partial charge >= 0.3 is 5.97 Å². The van der Waals surface area contributed by atoms with Gasteiger partial charge in [0.05, 0.1) is 10.6 Å². The number of carbonyl (C=O) groups excluding carboxylic acids is 2. The summed E-state index contributed by atoms with van der Waals surface area (Å²) in [5.74, 6) is -1.47. The maximum Gasteiger partial charge on any atom is 0.331 e. The van der Waals surface area contributed by atoms with E-state index in [9.17, 15) is 19.7 Å². The van der Waals surface area contributed by atoms with Gasteiger partial charge in [-0.25, -0.2) is 9.78 Å². The number of fused-ring (bicyclic) bond motifs is 1. The fourth-order valence-corrected chi connectivity index (χ4v) is 3.32. The van der Waals surface area contributed by atoms with Crippen molar-refractivity contribution in [3.63, 3.8) is 0 Å². The molecule has 11 heteroatoms. The summed E-state index contributed by atoms with van der Waals surface area (Å²) in [5.41, 5.74) is 0.262. The predicted octanol–water partition coefficient (Wildman–Crippen LogP) is 3.54. The number of anilines is 1. The zero-order valence-electron chi connectivity index (χ0n) is 14.4. The van der Waals surface area contributed by atoms with E-state index in [0.29, 0.717) is 10.7 Å². The molecule has 28 heavy (non-hydrogen) atoms. The number of nitrogens with one attached hydrogen (secondary N) is 1. The Morgan fingerprint density at radius 2 is 2.18 bits per heavy atom. The molecule has 0 bridgehead atoms. The first kappa shape index (κ1) is 19.5. The third-order valence-electron chi connectivity index (χ3n) is 3.65. The van der Waals surface area contributed by atoms with Crippen LogP contribution in [0.2, 0.25) is 5.15 Å². The maximum atomic E-state index is 12.2. The monoisotopic (exact) mass is 420 g/mol. The molecule has 2 aromatic heterocycles. The van der Waals surface area contributed by atoms with Crippen LogP contribution < -0.4 is 5.32 Å². The molecule has 0 fully saturated rings. The van der Waals surface area contributed by atoms with Crippen LogP contribution in [0, 0.1) is 10.1 Å². The number of nitro groups is 1. The number of nitro benzene ring substituents is 1. The second kappa shape index (κ2) is 8.19. The van der Waals surface area contributed by atoms with Crippen LogP contribution in [0.3, 0.4) is 0 Å². The van der Waals surface area contributed by atoms with Crippen molar-refractivity contribution in [2.24, 2.45) is 0 Å². The smallest absolute Gasteiger partial charge is 0.331 e. The lowest BCUT2D eigenvalue weighted by atomic mass is 10.2. The molecule has 9 nitrogen and oxygen atoms in total. The Morgan fingerprint density at radius 1 is 1.43 bits per heavy atom. The first-order valence-corrected chi connectivity index (χ1v) is 9.16. The van der Waals surface area contributed by atoms with Gasteiger partial charge in [-0.3, -0.25) is 19.3 Å². The summed E-state index contributed by atoms with van der Waals surface area (Å²) in [6.07, 6.45) is 3.15. The molecule has 0 saturated carbocycles. The van der Waals surface area contributed by atoms with E-state index in [0.717, 1.165) is 6.08 Å². The minimum absolute atomic E-state index is 0.0156. The average Bonchev–Trinajstić information content (AvgIpc) is 3.20. The molecule has 1 aromatic carbocycles. The van der Waals surface area contributed by atoms with E-state index in [4.69, 9.17) is 16.3 Å². The van der Waals surface area contributed by atoms with E-state index >= 15 is 0 Å². The standard InChI is InChI=1S/C17H13ClN4O5S/c1-10(16(24)19-11-4-2-3-5-12(11)22(25)26)27-14(23)7-6-13-15(18)20-17-21(13)8-9-28-17/h2-10H,1H3,(H,19,24)/b7-6+/t10-/m0/s1. The lowest BCUT2D eigenvalue weighted by molar-refractivity contribution is -0.383. The minimum atomic E-state index is -1.17. The summed E-state index contributed by atoms with van der Waals surface area (Å²) in [7, 11) is 0. The third-order valence-corrected chi connectivity index (χ3v) is 4.69. The maximum absolute atomic E-state index is 12.2. The first-order chi connectivity index (χ1) is 13.4. The number of esters is 1. The molecule has 0 radical (unpaired) electrons. The highest BCUT2D eigenvalue weighted by Gasteiger charge is 2.21. The van der Waals surface area contributed by atoms with Gasteiger partial charge < -0.3 is 10.1 Å². The van der Waals surface area contributed by atoms with Crippen molar-refractivity contribution in [3.05, 3.63) is 62.9 Å². The van der Waals surface area contributed by atoms with Crippen LogP contribution >= 0.6 is 22.9 Å². The van der Waals surface area contributed by atoms with Crippen molar-refractivity contribution in [3.8, 4) is 0 Å². The summed E-state index contributed by atoms with van der Waals surface area (Å²) in [5, 5.41) is 15.4. The molecule has 1 atom stereocenters. The molecule has 0 aliphatic heterocycles. The van der Waals surface area contributed by atoms with E-state index in [1.807, 2.05) is 5.38 Å². The van der Waals surface area contributed by atoms with Crippen LogP contribution in [0.5, 0.6) is 0 Å². The van der Waals surface area contributed by atoms with Crippen molar-refractivity contribution >= 4 is 57.2 Å². The number of hydrogen-bond donors (Lipinski definition) is 1. The Labute approximate surface area is 167 Å². The van der Waals surface area contributed by atoms with Crippen molar-refractivity contribution in [1.82, 2.24) is 9.38 Å². The number of carbonyl (C=O) groups is 2. The van der Waals surface area contributed by atoms with Crippen LogP contribution in [0.4, 0.5) is 11.4 Å². The highest BCUT2D eigenvalue weighted by molar-refractivity contribution is 7.15. The number of thiazole rings is 1. The lowest BCUT2D eigenvalue weighted by Gasteiger charge is -2.12. The van der Waals surface area contributed by atoms with E-state index in [1.165, 1.54) is 42.5 Å². The fraction of sp³-hybridized carbons (Fsp3) is 0.118. The lowest BCUT2D eigenvalue weighted by Crippen LogP contribution is -2.29. The van der Waals surface area contributed by atoms with Gasteiger partial charge in [-0.05, 0) is 19.1 Å². The van der Waals surface area contributed by atoms with Crippen LogP contribution in [0.1, 0.15) is 12.6 Å². The second-order valence-corrected chi connectivity index (χ2v) is 6.75. The highest BCUT2D eigenvalue weighted by atomic mass is 35.5. The van der Waals surface area contributed by atoms with Gasteiger partial charge in [0.1, 0.15) is 5.69 Å². The summed E-state index contributed by atoms with van der Waals surface area (Å²) >= 11 is 7.42. The predicted molar refractivity (Wildman–Crippen MR) is 104 cm³/mol. The molecular formula is C17H13ClN4O5S. The zero-order chi connectivity index (χ0) is 20.3. The zero-order valence-corrected chi connectivity index (χ0v) is 15.9. The molecule has 0 aliphatic carbocycles. The van der Waals surface area contributed by atoms with Gasteiger partial charge in [-0.1, -0.05) is 23.7 Å². The Hall–Kier alpha value is -3.24. The Balaban J connectivity index is 1.64. The summed E-state index contributed by atoms with van der Waals surface area (Å²) < 4.78 is 6.75.